The van der Waals surface area contributed by atoms with Crippen molar-refractivity contribution >= 4 is 12.1 Å². The van der Waals surface area contributed by atoms with Crippen molar-refractivity contribution in [3.63, 3.8) is 0 Å². The number of amides is 1. The van der Waals surface area contributed by atoms with Crippen LogP contribution in [0.3, 0.4) is 0 Å². The molecule has 0 aromatic rings. The topological polar surface area (TPSA) is 66.8 Å². The van der Waals surface area contributed by atoms with Crippen LogP contribution < -0.4 is 0 Å². The van der Waals surface area contributed by atoms with E-state index in [4.69, 9.17) is 9.84 Å². The monoisotopic (exact) mass is 201 g/mol. The molecule has 1 heterocycles. The Bertz CT molecular complexity index is 250. The van der Waals surface area contributed by atoms with Gasteiger partial charge in [-0.2, -0.15) is 0 Å². The average Bonchev–Trinajstić information content (AvgIpc) is 1.75. The number of carboxylic acid groups (broad SMARTS) is 1. The molecular weight excluding hydrogens is 186 g/mol. The molecule has 1 fully saturated rings. The Balaban J connectivity index is 2.34. The van der Waals surface area contributed by atoms with E-state index in [1.165, 1.54) is 4.90 Å². The first-order valence-electron chi connectivity index (χ1n) is 4.50. The third-order valence-corrected chi connectivity index (χ3v) is 1.89. The number of nitrogens with zero attached hydrogens (tertiary/aromatic N) is 1. The summed E-state index contributed by atoms with van der Waals surface area (Å²) in [6.07, 6.45) is -0.982. The van der Waals surface area contributed by atoms with Crippen LogP contribution in [0, 0.1) is 5.92 Å². The van der Waals surface area contributed by atoms with Crippen LogP contribution in [0.4, 0.5) is 4.79 Å². The van der Waals surface area contributed by atoms with Crippen molar-refractivity contribution in [3.05, 3.63) is 0 Å². The minimum absolute atomic E-state index is 0.254. The second-order valence-corrected chi connectivity index (χ2v) is 4.42. The smallest absolute Gasteiger partial charge is 0.407 e. The molecule has 0 aliphatic carbocycles. The van der Waals surface area contributed by atoms with Gasteiger partial charge in [-0.25, -0.2) is 4.79 Å². The summed E-state index contributed by atoms with van der Waals surface area (Å²) >= 11 is 0. The number of esters is 1. The summed E-state index contributed by atoms with van der Waals surface area (Å²) in [7, 11) is 0. The van der Waals surface area contributed by atoms with Gasteiger partial charge >= 0.3 is 12.1 Å². The van der Waals surface area contributed by atoms with Gasteiger partial charge in [-0.05, 0) is 20.8 Å². The predicted molar refractivity (Wildman–Crippen MR) is 48.9 cm³/mol. The fraction of sp³-hybridized carbons (Fsp3) is 0.778. The highest BCUT2D eigenvalue weighted by molar-refractivity contribution is 5.77. The van der Waals surface area contributed by atoms with E-state index in [9.17, 15) is 9.59 Å². The first-order chi connectivity index (χ1) is 6.29. The second kappa shape index (κ2) is 3.48. The van der Waals surface area contributed by atoms with Crippen molar-refractivity contribution in [2.45, 2.75) is 26.4 Å². The molecule has 80 valence electrons. The Labute approximate surface area is 82.6 Å². The van der Waals surface area contributed by atoms with Crippen LogP contribution in [0.5, 0.6) is 0 Å². The summed E-state index contributed by atoms with van der Waals surface area (Å²) in [6.45, 7) is 5.88. The van der Waals surface area contributed by atoms with Crippen LogP contribution in [0.15, 0.2) is 0 Å². The lowest BCUT2D eigenvalue weighted by Gasteiger charge is -2.36. The fourth-order valence-electron chi connectivity index (χ4n) is 1.17. The summed E-state index contributed by atoms with van der Waals surface area (Å²) in [5.41, 5.74) is -0.499. The van der Waals surface area contributed by atoms with E-state index < -0.39 is 11.7 Å². The molecule has 1 saturated heterocycles. The zero-order chi connectivity index (χ0) is 10.9. The highest BCUT2D eigenvalue weighted by Gasteiger charge is 2.38. The molecule has 1 N–H and O–H groups in total. The Morgan fingerprint density at radius 3 is 2.21 bits per heavy atom. The molecule has 0 bridgehead atoms. The van der Waals surface area contributed by atoms with Crippen molar-refractivity contribution in [1.82, 2.24) is 4.90 Å². The largest absolute Gasteiger partial charge is 0.465 e. The second-order valence-electron chi connectivity index (χ2n) is 4.42. The van der Waals surface area contributed by atoms with E-state index in [2.05, 4.69) is 0 Å². The Hall–Kier alpha value is -1.26. The molecule has 0 saturated carbocycles. The Morgan fingerprint density at radius 2 is 1.86 bits per heavy atom. The average molecular weight is 201 g/mol. The molecule has 1 rings (SSSR count). The molecule has 5 nitrogen and oxygen atoms in total. The number of ether oxygens (including phenoxy) is 1. The maximum absolute atomic E-state index is 11.4. The van der Waals surface area contributed by atoms with Gasteiger partial charge in [0, 0.05) is 13.1 Å². The molecule has 1 amide bonds. The molecule has 1 aliphatic heterocycles. The van der Waals surface area contributed by atoms with Crippen LogP contribution in [-0.4, -0.2) is 40.8 Å². The highest BCUT2D eigenvalue weighted by Crippen LogP contribution is 2.19. The van der Waals surface area contributed by atoms with E-state index in [0.29, 0.717) is 0 Å². The van der Waals surface area contributed by atoms with Gasteiger partial charge in [0.15, 0.2) is 0 Å². The SMILES string of the molecule is CC(C)(C)OC(=O)C1CN(C(=O)O)C1. The van der Waals surface area contributed by atoms with Crippen LogP contribution in [-0.2, 0) is 9.53 Å². The first kappa shape index (κ1) is 10.8. The van der Waals surface area contributed by atoms with Crippen LogP contribution in [0.25, 0.3) is 0 Å². The van der Waals surface area contributed by atoms with E-state index in [1.54, 1.807) is 20.8 Å². The van der Waals surface area contributed by atoms with Crippen LogP contribution in [0.2, 0.25) is 0 Å². The van der Waals surface area contributed by atoms with Crippen molar-refractivity contribution < 1.29 is 19.4 Å². The minimum atomic E-state index is -0.982. The summed E-state index contributed by atoms with van der Waals surface area (Å²) < 4.78 is 5.11. The molecule has 14 heavy (non-hydrogen) atoms. The van der Waals surface area contributed by atoms with E-state index in [1.807, 2.05) is 0 Å². The van der Waals surface area contributed by atoms with Gasteiger partial charge in [0.25, 0.3) is 0 Å². The van der Waals surface area contributed by atoms with Crippen LogP contribution >= 0.6 is 0 Å². The van der Waals surface area contributed by atoms with Crippen molar-refractivity contribution in [1.29, 1.82) is 0 Å². The normalized spacial score (nSPS) is 17.5. The van der Waals surface area contributed by atoms with Gasteiger partial charge < -0.3 is 14.7 Å². The maximum Gasteiger partial charge on any atom is 0.407 e. The van der Waals surface area contributed by atoms with E-state index >= 15 is 0 Å². The Morgan fingerprint density at radius 1 is 1.36 bits per heavy atom. The molecule has 0 atom stereocenters. The van der Waals surface area contributed by atoms with Gasteiger partial charge in [0.05, 0.1) is 5.92 Å². The lowest BCUT2D eigenvalue weighted by molar-refractivity contribution is -0.164. The van der Waals surface area contributed by atoms with Crippen LogP contribution in [0.1, 0.15) is 20.8 Å². The summed E-state index contributed by atoms with van der Waals surface area (Å²) in [5.74, 6) is -0.597. The number of hydrogen-bond donors (Lipinski definition) is 1. The predicted octanol–water partition coefficient (Wildman–Crippen LogP) is 0.938. The number of rotatable bonds is 1. The van der Waals surface area contributed by atoms with Crippen molar-refractivity contribution in [3.8, 4) is 0 Å². The lowest BCUT2D eigenvalue weighted by Crippen LogP contribution is -2.53. The number of carbonyl (C=O) groups is 2. The molecule has 0 radical (unpaired) electrons. The van der Waals surface area contributed by atoms with Crippen molar-refractivity contribution in [2.24, 2.45) is 5.92 Å². The molecule has 0 aromatic heterocycles. The Kier molecular flexibility index (Phi) is 2.69. The maximum atomic E-state index is 11.4. The quantitative estimate of drug-likeness (QED) is 0.641. The van der Waals surface area contributed by atoms with E-state index in [-0.39, 0.29) is 25.0 Å². The van der Waals surface area contributed by atoms with Gasteiger partial charge in [0.2, 0.25) is 0 Å². The van der Waals surface area contributed by atoms with Gasteiger partial charge in [-0.3, -0.25) is 4.79 Å². The standard InChI is InChI=1S/C9H15NO4/c1-9(2,3)14-7(11)6-4-10(5-6)8(12)13/h6H,4-5H2,1-3H3,(H,12,13). The first-order valence-corrected chi connectivity index (χ1v) is 4.50. The molecule has 5 heteroatoms. The third kappa shape index (κ3) is 2.61. The molecule has 0 spiro atoms. The molecule has 0 unspecified atom stereocenters. The molecule has 0 aromatic carbocycles. The van der Waals surface area contributed by atoms with Gasteiger partial charge in [-0.15, -0.1) is 0 Å². The van der Waals surface area contributed by atoms with E-state index in [0.717, 1.165) is 0 Å². The minimum Gasteiger partial charge on any atom is -0.465 e. The summed E-state index contributed by atoms with van der Waals surface area (Å²) in [4.78, 5) is 23.0. The fourth-order valence-corrected chi connectivity index (χ4v) is 1.17. The zero-order valence-corrected chi connectivity index (χ0v) is 8.61. The zero-order valence-electron chi connectivity index (χ0n) is 8.61. The van der Waals surface area contributed by atoms with Gasteiger partial charge in [0.1, 0.15) is 5.60 Å². The molecule has 1 aliphatic rings. The summed E-state index contributed by atoms with van der Waals surface area (Å²) in [5, 5.41) is 8.54. The molecular formula is C9H15NO4. The van der Waals surface area contributed by atoms with Gasteiger partial charge in [-0.1, -0.05) is 0 Å². The summed E-state index contributed by atoms with van der Waals surface area (Å²) in [6, 6.07) is 0. The third-order valence-electron chi connectivity index (χ3n) is 1.89. The highest BCUT2D eigenvalue weighted by atomic mass is 16.6. The number of hydrogen-bond acceptors (Lipinski definition) is 3. The lowest BCUT2D eigenvalue weighted by atomic mass is 10.0. The number of likely N-dealkylation sites (tertiary alicyclic amines) is 1. The number of carbonyl (C=O) groups excluding carboxylic acids is 1. The van der Waals surface area contributed by atoms with Crippen molar-refractivity contribution in [2.75, 3.05) is 13.1 Å².